The Bertz CT molecular complexity index is 872. The molecular formula is C18H12ClNO2S. The lowest BCUT2D eigenvalue weighted by Gasteiger charge is -1.97. The molecule has 5 heteroatoms. The van der Waals surface area contributed by atoms with Gasteiger partial charge < -0.3 is 5.11 Å². The number of aromatic nitrogens is 1. The van der Waals surface area contributed by atoms with Crippen molar-refractivity contribution in [1.29, 1.82) is 0 Å². The van der Waals surface area contributed by atoms with Gasteiger partial charge in [-0.1, -0.05) is 66.2 Å². The van der Waals surface area contributed by atoms with Crippen LogP contribution < -0.4 is 0 Å². The molecule has 0 spiro atoms. The Balaban J connectivity index is 1.99. The first kappa shape index (κ1) is 15.5. The first-order chi connectivity index (χ1) is 11.1. The zero-order valence-electron chi connectivity index (χ0n) is 11.9. The Hall–Kier alpha value is -2.43. The van der Waals surface area contributed by atoms with Gasteiger partial charge in [-0.3, -0.25) is 0 Å². The van der Waals surface area contributed by atoms with E-state index in [1.165, 1.54) is 0 Å². The lowest BCUT2D eigenvalue weighted by molar-refractivity contribution is 0.0702. The summed E-state index contributed by atoms with van der Waals surface area (Å²) >= 11 is 7.26. The molecule has 3 rings (SSSR count). The second kappa shape index (κ2) is 6.77. The van der Waals surface area contributed by atoms with E-state index in [4.69, 9.17) is 11.6 Å². The first-order valence-corrected chi connectivity index (χ1v) is 8.07. The van der Waals surface area contributed by atoms with Crippen LogP contribution >= 0.6 is 22.9 Å². The standard InChI is InChI=1S/C18H12ClNO2S/c19-14-9-5-4-6-12(14)10-11-15-20-16(17(23-15)18(21)22)13-7-2-1-3-8-13/h1-11H,(H,21,22)/b11-10+. The Morgan fingerprint density at radius 2 is 1.74 bits per heavy atom. The molecule has 1 heterocycles. The van der Waals surface area contributed by atoms with Crippen LogP contribution in [0.2, 0.25) is 5.02 Å². The van der Waals surface area contributed by atoms with Gasteiger partial charge in [0.2, 0.25) is 0 Å². The number of rotatable bonds is 4. The predicted molar refractivity (Wildman–Crippen MR) is 94.9 cm³/mol. The second-order valence-electron chi connectivity index (χ2n) is 4.76. The normalized spacial score (nSPS) is 11.0. The van der Waals surface area contributed by atoms with Crippen molar-refractivity contribution in [2.24, 2.45) is 0 Å². The Morgan fingerprint density at radius 1 is 1.04 bits per heavy atom. The molecule has 0 bridgehead atoms. The summed E-state index contributed by atoms with van der Waals surface area (Å²) in [5.41, 5.74) is 2.14. The van der Waals surface area contributed by atoms with Gasteiger partial charge in [0.1, 0.15) is 9.88 Å². The molecule has 23 heavy (non-hydrogen) atoms. The third-order valence-electron chi connectivity index (χ3n) is 3.20. The molecule has 0 amide bonds. The number of benzene rings is 2. The highest BCUT2D eigenvalue weighted by Gasteiger charge is 2.17. The van der Waals surface area contributed by atoms with Gasteiger partial charge in [0.25, 0.3) is 0 Å². The van der Waals surface area contributed by atoms with Crippen molar-refractivity contribution < 1.29 is 9.90 Å². The smallest absolute Gasteiger partial charge is 0.348 e. The molecule has 3 nitrogen and oxygen atoms in total. The number of hydrogen-bond acceptors (Lipinski definition) is 3. The maximum atomic E-state index is 11.5. The molecule has 0 saturated heterocycles. The SMILES string of the molecule is O=C(O)c1sc(/C=C/c2ccccc2Cl)nc1-c1ccccc1. The van der Waals surface area contributed by atoms with Gasteiger partial charge in [0, 0.05) is 10.6 Å². The zero-order chi connectivity index (χ0) is 16.2. The van der Waals surface area contributed by atoms with E-state index in [1.54, 1.807) is 12.1 Å². The van der Waals surface area contributed by atoms with Crippen molar-refractivity contribution in [2.45, 2.75) is 0 Å². The number of halogens is 1. The van der Waals surface area contributed by atoms with Gasteiger partial charge in [0.15, 0.2) is 0 Å². The van der Waals surface area contributed by atoms with Crippen LogP contribution in [0, 0.1) is 0 Å². The van der Waals surface area contributed by atoms with E-state index in [1.807, 2.05) is 54.6 Å². The van der Waals surface area contributed by atoms with Crippen molar-refractivity contribution in [3.8, 4) is 11.3 Å². The fourth-order valence-electron chi connectivity index (χ4n) is 2.12. The maximum Gasteiger partial charge on any atom is 0.348 e. The lowest BCUT2D eigenvalue weighted by atomic mass is 10.1. The van der Waals surface area contributed by atoms with Crippen LogP contribution in [-0.4, -0.2) is 16.1 Å². The average molecular weight is 342 g/mol. The predicted octanol–water partition coefficient (Wildman–Crippen LogP) is 5.33. The third-order valence-corrected chi connectivity index (χ3v) is 4.55. The zero-order valence-corrected chi connectivity index (χ0v) is 13.5. The lowest BCUT2D eigenvalue weighted by Crippen LogP contribution is -1.95. The van der Waals surface area contributed by atoms with Crippen molar-refractivity contribution >= 4 is 41.1 Å². The molecule has 0 radical (unpaired) electrons. The minimum atomic E-state index is -0.973. The molecule has 0 atom stereocenters. The molecule has 2 aromatic carbocycles. The molecule has 0 saturated carbocycles. The summed E-state index contributed by atoms with van der Waals surface area (Å²) < 4.78 is 0. The summed E-state index contributed by atoms with van der Waals surface area (Å²) in [5.74, 6) is -0.973. The Labute approximate surface area is 142 Å². The Kier molecular flexibility index (Phi) is 4.55. The molecule has 114 valence electrons. The number of carboxylic acids is 1. The van der Waals surface area contributed by atoms with Crippen LogP contribution in [0.3, 0.4) is 0 Å². The van der Waals surface area contributed by atoms with Crippen LogP contribution in [0.4, 0.5) is 0 Å². The maximum absolute atomic E-state index is 11.5. The highest BCUT2D eigenvalue weighted by Crippen LogP contribution is 2.29. The van der Waals surface area contributed by atoms with E-state index in [0.29, 0.717) is 15.7 Å². The number of hydrogen-bond donors (Lipinski definition) is 1. The van der Waals surface area contributed by atoms with E-state index in [0.717, 1.165) is 22.5 Å². The summed E-state index contributed by atoms with van der Waals surface area (Å²) in [6.45, 7) is 0. The molecule has 3 aromatic rings. The number of aromatic carboxylic acids is 1. The molecule has 1 aromatic heterocycles. The van der Waals surface area contributed by atoms with Gasteiger partial charge in [-0.25, -0.2) is 9.78 Å². The number of nitrogens with zero attached hydrogens (tertiary/aromatic N) is 1. The fourth-order valence-corrected chi connectivity index (χ4v) is 3.14. The molecule has 0 unspecified atom stereocenters. The van der Waals surface area contributed by atoms with E-state index in [9.17, 15) is 9.90 Å². The highest BCUT2D eigenvalue weighted by molar-refractivity contribution is 7.15. The minimum Gasteiger partial charge on any atom is -0.477 e. The molecule has 1 N–H and O–H groups in total. The second-order valence-corrected chi connectivity index (χ2v) is 6.19. The molecule has 0 fully saturated rings. The highest BCUT2D eigenvalue weighted by atomic mass is 35.5. The van der Waals surface area contributed by atoms with Crippen LogP contribution in [0.1, 0.15) is 20.2 Å². The summed E-state index contributed by atoms with van der Waals surface area (Å²) in [6, 6.07) is 16.8. The minimum absolute atomic E-state index is 0.231. The quantitative estimate of drug-likeness (QED) is 0.697. The fraction of sp³-hybridized carbons (Fsp3) is 0. The topological polar surface area (TPSA) is 50.2 Å². The van der Waals surface area contributed by atoms with Crippen LogP contribution in [0.25, 0.3) is 23.4 Å². The molecule has 0 aliphatic heterocycles. The summed E-state index contributed by atoms with van der Waals surface area (Å²) in [6.07, 6.45) is 3.62. The van der Waals surface area contributed by atoms with Crippen molar-refractivity contribution in [1.82, 2.24) is 4.98 Å². The van der Waals surface area contributed by atoms with Gasteiger partial charge >= 0.3 is 5.97 Å². The van der Waals surface area contributed by atoms with Crippen LogP contribution in [0.15, 0.2) is 54.6 Å². The Morgan fingerprint density at radius 3 is 2.43 bits per heavy atom. The van der Waals surface area contributed by atoms with Crippen molar-refractivity contribution in [3.05, 3.63) is 75.1 Å². The molecule has 0 aliphatic carbocycles. The molecular weight excluding hydrogens is 330 g/mol. The summed E-state index contributed by atoms with van der Waals surface area (Å²) in [7, 11) is 0. The van der Waals surface area contributed by atoms with Gasteiger partial charge in [-0.2, -0.15) is 0 Å². The van der Waals surface area contributed by atoms with E-state index < -0.39 is 5.97 Å². The largest absolute Gasteiger partial charge is 0.477 e. The number of carbonyl (C=O) groups is 1. The van der Waals surface area contributed by atoms with Gasteiger partial charge in [-0.15, -0.1) is 11.3 Å². The van der Waals surface area contributed by atoms with Crippen LogP contribution in [-0.2, 0) is 0 Å². The van der Waals surface area contributed by atoms with E-state index >= 15 is 0 Å². The monoisotopic (exact) mass is 341 g/mol. The number of carboxylic acid groups (broad SMARTS) is 1. The van der Waals surface area contributed by atoms with E-state index in [2.05, 4.69) is 4.98 Å². The third kappa shape index (κ3) is 3.50. The first-order valence-electron chi connectivity index (χ1n) is 6.87. The van der Waals surface area contributed by atoms with Crippen molar-refractivity contribution in [3.63, 3.8) is 0 Å². The summed E-state index contributed by atoms with van der Waals surface area (Å²) in [4.78, 5) is 16.1. The van der Waals surface area contributed by atoms with Gasteiger partial charge in [-0.05, 0) is 17.7 Å². The average Bonchev–Trinajstić information content (AvgIpc) is 2.99. The molecule has 0 aliphatic rings. The van der Waals surface area contributed by atoms with Gasteiger partial charge in [0.05, 0.1) is 5.69 Å². The number of thiazole rings is 1. The summed E-state index contributed by atoms with van der Waals surface area (Å²) in [5, 5.41) is 10.7. The van der Waals surface area contributed by atoms with E-state index in [-0.39, 0.29) is 4.88 Å². The van der Waals surface area contributed by atoms with Crippen molar-refractivity contribution in [2.75, 3.05) is 0 Å². The van der Waals surface area contributed by atoms with Crippen LogP contribution in [0.5, 0.6) is 0 Å².